The van der Waals surface area contributed by atoms with Gasteiger partial charge in [0.2, 0.25) is 11.8 Å². The van der Waals surface area contributed by atoms with Crippen LogP contribution in [0.1, 0.15) is 51.2 Å². The van der Waals surface area contributed by atoms with Gasteiger partial charge in [0, 0.05) is 24.5 Å². The zero-order valence-corrected chi connectivity index (χ0v) is 27.7. The van der Waals surface area contributed by atoms with Gasteiger partial charge in [-0.15, -0.1) is 13.2 Å². The van der Waals surface area contributed by atoms with Crippen molar-refractivity contribution < 1.29 is 29.0 Å². The summed E-state index contributed by atoms with van der Waals surface area (Å²) in [6.45, 7) is 18.0. The third-order valence-electron chi connectivity index (χ3n) is 10.2. The standard InChI is InChI=1S/C37H47N3O6/c1-8-21-38(27-15-17-28(18-16-27)45-11-4)33(42)29-30-34(43)40(26(7)23-41)32(37(30)20-19-36(29,10-3)46-37)35(44)39(22-9-2)31-24(5)13-12-14-25(31)6/h8-9,12-18,26,29-30,32,41H,1-2,10-11,19-23H2,3-7H3/t26-,29+,30+,32?,36-,37?/m1/s1. The van der Waals surface area contributed by atoms with Crippen molar-refractivity contribution in [3.8, 4) is 5.75 Å². The molecule has 2 aromatic rings. The van der Waals surface area contributed by atoms with Crippen molar-refractivity contribution in [3.05, 3.63) is 78.9 Å². The van der Waals surface area contributed by atoms with Gasteiger partial charge in [-0.1, -0.05) is 37.3 Å². The van der Waals surface area contributed by atoms with E-state index in [-0.39, 0.29) is 37.4 Å². The molecule has 0 aliphatic carbocycles. The summed E-state index contributed by atoms with van der Waals surface area (Å²) in [5.41, 5.74) is 1.09. The lowest BCUT2D eigenvalue weighted by Crippen LogP contribution is -2.58. The molecule has 3 saturated heterocycles. The molecule has 0 radical (unpaired) electrons. The fourth-order valence-electron chi connectivity index (χ4n) is 8.18. The molecule has 3 amide bonds. The van der Waals surface area contributed by atoms with E-state index in [2.05, 4.69) is 13.2 Å². The first kappa shape index (κ1) is 33.4. The smallest absolute Gasteiger partial charge is 0.253 e. The maximum Gasteiger partial charge on any atom is 0.253 e. The SMILES string of the molecule is C=CCN(C(=O)[C@@H]1[C@H]2C(=O)N([C@H](C)CO)C(C(=O)N(CC=C)c3c(C)cccc3C)C23CC[C@@]1(CC)O3)c1ccc(OCC)cc1. The second-order valence-electron chi connectivity index (χ2n) is 12.8. The molecule has 1 spiro atoms. The second kappa shape index (κ2) is 13.0. The lowest BCUT2D eigenvalue weighted by molar-refractivity contribution is -0.149. The summed E-state index contributed by atoms with van der Waals surface area (Å²) < 4.78 is 12.6. The number of carbonyl (C=O) groups excluding carboxylic acids is 3. The van der Waals surface area contributed by atoms with Gasteiger partial charge in [0.15, 0.2) is 0 Å². The second-order valence-corrected chi connectivity index (χ2v) is 12.8. The Morgan fingerprint density at radius 2 is 1.67 bits per heavy atom. The molecule has 3 aliphatic heterocycles. The van der Waals surface area contributed by atoms with Gasteiger partial charge in [0.25, 0.3) is 5.91 Å². The largest absolute Gasteiger partial charge is 0.494 e. The maximum atomic E-state index is 15.0. The van der Waals surface area contributed by atoms with Crippen molar-refractivity contribution in [2.75, 3.05) is 36.1 Å². The van der Waals surface area contributed by atoms with E-state index in [4.69, 9.17) is 9.47 Å². The molecule has 9 nitrogen and oxygen atoms in total. The number of aliphatic hydroxyl groups excluding tert-OH is 1. The normalized spacial score (nSPS) is 26.9. The molecule has 46 heavy (non-hydrogen) atoms. The molecule has 0 saturated carbocycles. The van der Waals surface area contributed by atoms with E-state index in [1.165, 1.54) is 4.90 Å². The van der Waals surface area contributed by atoms with Crippen LogP contribution >= 0.6 is 0 Å². The van der Waals surface area contributed by atoms with E-state index in [9.17, 15) is 19.5 Å². The Morgan fingerprint density at radius 1 is 1.04 bits per heavy atom. The summed E-state index contributed by atoms with van der Waals surface area (Å²) >= 11 is 0. The average molecular weight is 630 g/mol. The molecule has 246 valence electrons. The summed E-state index contributed by atoms with van der Waals surface area (Å²) in [7, 11) is 0. The topological polar surface area (TPSA) is 99.6 Å². The number of rotatable bonds is 13. The van der Waals surface area contributed by atoms with Crippen LogP contribution in [0.15, 0.2) is 67.8 Å². The molecule has 0 aromatic heterocycles. The number of carbonyl (C=O) groups is 3. The summed E-state index contributed by atoms with van der Waals surface area (Å²) in [6, 6.07) is 11.4. The first-order chi connectivity index (χ1) is 22.0. The molecule has 2 bridgehead atoms. The number of aliphatic hydroxyl groups is 1. The fraction of sp³-hybridized carbons (Fsp3) is 0.486. The zero-order chi connectivity index (χ0) is 33.4. The van der Waals surface area contributed by atoms with Gasteiger partial charge < -0.3 is 29.3 Å². The Kier molecular flexibility index (Phi) is 9.47. The first-order valence-electron chi connectivity index (χ1n) is 16.3. The van der Waals surface area contributed by atoms with Gasteiger partial charge in [-0.25, -0.2) is 0 Å². The van der Waals surface area contributed by atoms with Crippen LogP contribution in [0.2, 0.25) is 0 Å². The van der Waals surface area contributed by atoms with Crippen molar-refractivity contribution >= 4 is 29.1 Å². The number of hydrogen-bond donors (Lipinski definition) is 1. The monoisotopic (exact) mass is 629 g/mol. The summed E-state index contributed by atoms with van der Waals surface area (Å²) in [5.74, 6) is -1.91. The third kappa shape index (κ3) is 5.14. The van der Waals surface area contributed by atoms with E-state index in [0.717, 1.165) is 16.8 Å². The van der Waals surface area contributed by atoms with E-state index in [0.29, 0.717) is 37.3 Å². The van der Waals surface area contributed by atoms with Crippen molar-refractivity contribution in [2.24, 2.45) is 11.8 Å². The molecule has 1 N–H and O–H groups in total. The highest BCUT2D eigenvalue weighted by atomic mass is 16.5. The van der Waals surface area contributed by atoms with Crippen LogP contribution in [0, 0.1) is 25.7 Å². The van der Waals surface area contributed by atoms with Crippen LogP contribution in [-0.2, 0) is 19.1 Å². The predicted octanol–water partition coefficient (Wildman–Crippen LogP) is 4.98. The van der Waals surface area contributed by atoms with Crippen LogP contribution in [0.4, 0.5) is 11.4 Å². The minimum atomic E-state index is -1.23. The van der Waals surface area contributed by atoms with E-state index < -0.39 is 35.1 Å². The molecule has 2 aromatic carbocycles. The van der Waals surface area contributed by atoms with Gasteiger partial charge in [-0.05, 0) is 82.3 Å². The molecule has 9 heteroatoms. The number of likely N-dealkylation sites (tertiary alicyclic amines) is 1. The number of hydrogen-bond acceptors (Lipinski definition) is 6. The van der Waals surface area contributed by atoms with E-state index >= 15 is 0 Å². The molecule has 3 heterocycles. The minimum Gasteiger partial charge on any atom is -0.494 e. The maximum absolute atomic E-state index is 15.0. The number of fused-ring (bicyclic) bond motifs is 1. The van der Waals surface area contributed by atoms with Gasteiger partial charge in [0.05, 0.1) is 36.7 Å². The van der Waals surface area contributed by atoms with Crippen LogP contribution in [-0.4, -0.2) is 77.3 Å². The van der Waals surface area contributed by atoms with E-state index in [1.54, 1.807) is 28.9 Å². The summed E-state index contributed by atoms with van der Waals surface area (Å²) in [6.07, 6.45) is 4.82. The molecule has 6 atom stereocenters. The Labute approximate surface area is 272 Å². The number of anilines is 2. The van der Waals surface area contributed by atoms with Gasteiger partial charge in [0.1, 0.15) is 17.4 Å². The average Bonchev–Trinajstić information content (AvgIpc) is 3.66. The highest BCUT2D eigenvalue weighted by Crippen LogP contribution is 2.65. The number of ether oxygens (including phenoxy) is 2. The fourth-order valence-corrected chi connectivity index (χ4v) is 8.18. The Bertz CT molecular complexity index is 1490. The van der Waals surface area contributed by atoms with E-state index in [1.807, 2.05) is 70.2 Å². The molecular weight excluding hydrogens is 582 g/mol. The number of benzene rings is 2. The highest BCUT2D eigenvalue weighted by Gasteiger charge is 2.79. The Balaban J connectivity index is 1.62. The third-order valence-corrected chi connectivity index (χ3v) is 10.2. The van der Waals surface area contributed by atoms with Gasteiger partial charge in [-0.3, -0.25) is 14.4 Å². The van der Waals surface area contributed by atoms with Crippen molar-refractivity contribution in [1.82, 2.24) is 4.90 Å². The van der Waals surface area contributed by atoms with Crippen molar-refractivity contribution in [2.45, 2.75) is 77.2 Å². The quantitative estimate of drug-likeness (QED) is 0.314. The Hall–Kier alpha value is -3.95. The van der Waals surface area contributed by atoms with Crippen LogP contribution < -0.4 is 14.5 Å². The van der Waals surface area contributed by atoms with Crippen LogP contribution in [0.3, 0.4) is 0 Å². The number of nitrogens with zero attached hydrogens (tertiary/aromatic N) is 3. The van der Waals surface area contributed by atoms with Crippen molar-refractivity contribution in [3.63, 3.8) is 0 Å². The predicted molar refractivity (Wildman–Crippen MR) is 179 cm³/mol. The van der Waals surface area contributed by atoms with Gasteiger partial charge >= 0.3 is 0 Å². The molecule has 2 unspecified atom stereocenters. The molecule has 3 fully saturated rings. The minimum absolute atomic E-state index is 0.226. The van der Waals surface area contributed by atoms with Crippen molar-refractivity contribution in [1.29, 1.82) is 0 Å². The number of amides is 3. The molecule has 5 rings (SSSR count). The highest BCUT2D eigenvalue weighted by molar-refractivity contribution is 6.07. The first-order valence-corrected chi connectivity index (χ1v) is 16.3. The number of aryl methyl sites for hydroxylation is 2. The van der Waals surface area contributed by atoms with Crippen LogP contribution in [0.5, 0.6) is 5.75 Å². The summed E-state index contributed by atoms with van der Waals surface area (Å²) in [5, 5.41) is 10.4. The summed E-state index contributed by atoms with van der Waals surface area (Å²) in [4.78, 5) is 49.3. The zero-order valence-electron chi connectivity index (χ0n) is 27.7. The number of para-hydroxylation sites is 1. The Morgan fingerprint density at radius 3 is 2.24 bits per heavy atom. The molecular formula is C37H47N3O6. The lowest BCUT2D eigenvalue weighted by Gasteiger charge is -2.39. The van der Waals surface area contributed by atoms with Crippen LogP contribution in [0.25, 0.3) is 0 Å². The van der Waals surface area contributed by atoms with Gasteiger partial charge in [-0.2, -0.15) is 0 Å². The lowest BCUT2D eigenvalue weighted by atomic mass is 9.64. The molecule has 3 aliphatic rings.